The Balaban J connectivity index is 5.27. The zero-order chi connectivity index (χ0) is 48.6. The highest BCUT2D eigenvalue weighted by Crippen LogP contribution is 2.15. The highest BCUT2D eigenvalue weighted by Gasteiger charge is 2.32. The first-order valence-corrected chi connectivity index (χ1v) is 27.1. The van der Waals surface area contributed by atoms with Crippen LogP contribution in [0.4, 0.5) is 0 Å². The van der Waals surface area contributed by atoms with Gasteiger partial charge in [-0.15, -0.1) is 0 Å². The van der Waals surface area contributed by atoms with E-state index in [0.717, 1.165) is 62.3 Å². The second-order valence-corrected chi connectivity index (χ2v) is 20.9. The molecule has 0 rings (SSSR count). The van der Waals surface area contributed by atoms with Crippen molar-refractivity contribution in [2.24, 2.45) is 11.8 Å². The predicted molar refractivity (Wildman–Crippen MR) is 269 cm³/mol. The van der Waals surface area contributed by atoms with Crippen molar-refractivity contribution in [3.8, 4) is 0 Å². The van der Waals surface area contributed by atoms with E-state index < -0.39 is 41.9 Å². The van der Waals surface area contributed by atoms with Gasteiger partial charge in [-0.25, -0.2) is 4.79 Å². The molecule has 0 aromatic carbocycles. The second-order valence-electron chi connectivity index (χ2n) is 20.9. The van der Waals surface area contributed by atoms with Gasteiger partial charge in [-0.2, -0.15) is 0 Å². The summed E-state index contributed by atoms with van der Waals surface area (Å²) in [5.74, 6) is -2.29. The first-order chi connectivity index (χ1) is 31.1. The molecule has 0 saturated carbocycles. The van der Waals surface area contributed by atoms with Crippen molar-refractivity contribution in [3.05, 3.63) is 0 Å². The van der Waals surface area contributed by atoms with Crippen molar-refractivity contribution in [2.45, 2.75) is 265 Å². The lowest BCUT2D eigenvalue weighted by Crippen LogP contribution is -2.57. The number of carbonyl (C=O) groups excluding carboxylic acids is 5. The third kappa shape index (κ3) is 39.1. The molecule has 3 N–H and O–H groups in total. The van der Waals surface area contributed by atoms with Gasteiger partial charge in [0.15, 0.2) is 0 Å². The minimum atomic E-state index is -1.07. The normalized spacial score (nSPS) is 13.1. The summed E-state index contributed by atoms with van der Waals surface area (Å²) in [5, 5.41) is 8.66. The van der Waals surface area contributed by atoms with Crippen LogP contribution in [0.3, 0.4) is 0 Å². The number of rotatable bonds is 45. The van der Waals surface area contributed by atoms with E-state index in [1.54, 1.807) is 0 Å². The lowest BCUT2D eigenvalue weighted by molar-refractivity contribution is -0.870. The van der Waals surface area contributed by atoms with E-state index in [0.29, 0.717) is 19.4 Å². The Hall–Kier alpha value is -2.69. The van der Waals surface area contributed by atoms with Crippen molar-refractivity contribution < 1.29 is 37.9 Å². The maximum Gasteiger partial charge on any atom is 0.328 e. The van der Waals surface area contributed by atoms with Crippen molar-refractivity contribution in [1.29, 1.82) is 0 Å². The first kappa shape index (κ1) is 62.3. The lowest BCUT2D eigenvalue weighted by atomic mass is 9.99. The van der Waals surface area contributed by atoms with E-state index in [9.17, 15) is 24.0 Å². The first-order valence-electron chi connectivity index (χ1n) is 27.1. The maximum atomic E-state index is 13.9. The Labute approximate surface area is 400 Å². The predicted octanol–water partition coefficient (Wildman–Crippen LogP) is 12.1. The summed E-state index contributed by atoms with van der Waals surface area (Å²) in [5.41, 5.74) is 0. The molecule has 0 aliphatic carbocycles. The summed E-state index contributed by atoms with van der Waals surface area (Å²) in [6, 6.07) is -2.84. The molecule has 0 aromatic rings. The third-order valence-corrected chi connectivity index (χ3v) is 12.3. The lowest BCUT2D eigenvalue weighted by Gasteiger charge is -2.27. The van der Waals surface area contributed by atoms with Gasteiger partial charge in [0.25, 0.3) is 0 Å². The Bertz CT molecular complexity index is 1200. The van der Waals surface area contributed by atoms with E-state index >= 15 is 0 Å². The summed E-state index contributed by atoms with van der Waals surface area (Å²) in [6.45, 7) is 13.9. The van der Waals surface area contributed by atoms with Crippen LogP contribution in [0.15, 0.2) is 0 Å². The van der Waals surface area contributed by atoms with Crippen LogP contribution in [0.1, 0.15) is 247 Å². The summed E-state index contributed by atoms with van der Waals surface area (Å²) < 4.78 is 12.2. The van der Waals surface area contributed by atoms with Crippen LogP contribution in [-0.2, 0) is 33.4 Å². The van der Waals surface area contributed by atoms with Crippen molar-refractivity contribution in [3.63, 3.8) is 0 Å². The van der Waals surface area contributed by atoms with Crippen LogP contribution in [0.5, 0.6) is 0 Å². The molecule has 0 saturated heterocycles. The molecule has 0 spiro atoms. The summed E-state index contributed by atoms with van der Waals surface area (Å²) in [7, 11) is 6.69. The molecule has 11 heteroatoms. The van der Waals surface area contributed by atoms with Gasteiger partial charge in [-0.05, 0) is 56.8 Å². The molecule has 382 valence electrons. The SMILES string of the molecule is CCCCCCCCCCCCOC(=O)CC[C@H](NC(=O)[C@H](CC(C)C)NC(=O)[C@@H](NC(=O)CCCCCCCCCC[N+](C)(C)C)C(C)C)C(=O)OCCCCCCCCCCCC. The zero-order valence-electron chi connectivity index (χ0n) is 43.9. The van der Waals surface area contributed by atoms with E-state index in [1.807, 2.05) is 27.7 Å². The van der Waals surface area contributed by atoms with Crippen molar-refractivity contribution >= 4 is 29.7 Å². The summed E-state index contributed by atoms with van der Waals surface area (Å²) >= 11 is 0. The van der Waals surface area contributed by atoms with Crippen LogP contribution in [0.2, 0.25) is 0 Å². The van der Waals surface area contributed by atoms with Gasteiger partial charge in [-0.3, -0.25) is 19.2 Å². The van der Waals surface area contributed by atoms with Crippen LogP contribution < -0.4 is 16.0 Å². The Morgan fingerprint density at radius 1 is 0.462 bits per heavy atom. The standard InChI is InChI=1S/C54H104N4O7/c1-10-12-14-16-18-20-24-28-32-36-42-64-50(60)40-39-47(54(63)65-43-37-33-29-25-21-19-17-15-13-11-2)55-52(61)48(44-45(3)4)56-53(62)51(46(5)6)57-49(59)38-34-30-26-22-23-27-31-35-41-58(7,8)9/h45-48,51H,10-44H2,1-9H3,(H2-,55,56,57,59,61,62)/p+1/t47-,48-,51-/m0/s1. The average Bonchev–Trinajstić information content (AvgIpc) is 3.24. The fraction of sp³-hybridized carbons (Fsp3) is 0.907. The van der Waals surface area contributed by atoms with Crippen LogP contribution in [0, 0.1) is 11.8 Å². The fourth-order valence-corrected chi connectivity index (χ4v) is 8.17. The molecule has 0 unspecified atom stereocenters. The summed E-state index contributed by atoms with van der Waals surface area (Å²) in [4.78, 5) is 67.0. The van der Waals surface area contributed by atoms with Gasteiger partial charge in [0, 0.05) is 12.8 Å². The van der Waals surface area contributed by atoms with Crippen LogP contribution in [0.25, 0.3) is 0 Å². The fourth-order valence-electron chi connectivity index (χ4n) is 8.17. The number of carbonyl (C=O) groups is 5. The van der Waals surface area contributed by atoms with Crippen LogP contribution in [-0.4, -0.2) is 93.2 Å². The minimum Gasteiger partial charge on any atom is -0.466 e. The van der Waals surface area contributed by atoms with Crippen molar-refractivity contribution in [2.75, 3.05) is 40.9 Å². The smallest absolute Gasteiger partial charge is 0.328 e. The molecule has 0 radical (unpaired) electrons. The molecule has 3 atom stereocenters. The third-order valence-electron chi connectivity index (χ3n) is 12.3. The van der Waals surface area contributed by atoms with E-state index in [-0.39, 0.29) is 37.2 Å². The number of nitrogens with zero attached hydrogens (tertiary/aromatic N) is 1. The molecule has 0 aliphatic heterocycles. The molecular weight excluding hydrogens is 817 g/mol. The molecule has 0 fully saturated rings. The number of quaternary nitrogens is 1. The molecule has 65 heavy (non-hydrogen) atoms. The quantitative estimate of drug-likeness (QED) is 0.0314. The molecule has 0 aliphatic rings. The number of esters is 2. The van der Waals surface area contributed by atoms with E-state index in [4.69, 9.17) is 9.47 Å². The monoisotopic (exact) mass is 922 g/mol. The average molecular weight is 922 g/mol. The van der Waals surface area contributed by atoms with Gasteiger partial charge in [0.05, 0.1) is 40.9 Å². The van der Waals surface area contributed by atoms with E-state index in [2.05, 4.69) is 50.9 Å². The van der Waals surface area contributed by atoms with Gasteiger partial charge in [0.1, 0.15) is 18.1 Å². The largest absolute Gasteiger partial charge is 0.466 e. The number of nitrogens with one attached hydrogen (secondary N) is 3. The summed E-state index contributed by atoms with van der Waals surface area (Å²) in [6.07, 6.45) is 33.1. The highest BCUT2D eigenvalue weighted by molar-refractivity contribution is 5.93. The molecule has 0 aromatic heterocycles. The Morgan fingerprint density at radius 2 is 0.877 bits per heavy atom. The Kier molecular flexibility index (Phi) is 39.8. The molecule has 0 bridgehead atoms. The molecular formula is C54H105N4O7+. The number of hydrogen-bond donors (Lipinski definition) is 3. The second kappa shape index (κ2) is 41.5. The van der Waals surface area contributed by atoms with Gasteiger partial charge >= 0.3 is 11.9 Å². The topological polar surface area (TPSA) is 140 Å². The highest BCUT2D eigenvalue weighted by atomic mass is 16.5. The zero-order valence-corrected chi connectivity index (χ0v) is 43.9. The number of hydrogen-bond acceptors (Lipinski definition) is 7. The number of amides is 3. The van der Waals surface area contributed by atoms with Crippen molar-refractivity contribution in [1.82, 2.24) is 16.0 Å². The van der Waals surface area contributed by atoms with Gasteiger partial charge < -0.3 is 29.9 Å². The Morgan fingerprint density at radius 3 is 1.32 bits per heavy atom. The van der Waals surface area contributed by atoms with E-state index in [1.165, 1.54) is 129 Å². The maximum absolute atomic E-state index is 13.9. The number of ether oxygens (including phenoxy) is 2. The molecule has 3 amide bonds. The van der Waals surface area contributed by atoms with Crippen LogP contribution >= 0.6 is 0 Å². The number of unbranched alkanes of at least 4 members (excludes halogenated alkanes) is 25. The van der Waals surface area contributed by atoms with Gasteiger partial charge in [-0.1, -0.05) is 189 Å². The molecule has 11 nitrogen and oxygen atoms in total. The van der Waals surface area contributed by atoms with Gasteiger partial charge in [0.2, 0.25) is 17.7 Å². The molecule has 0 heterocycles. The minimum absolute atomic E-state index is 0.0311.